The molecule has 0 radical (unpaired) electrons. The molecule has 2 aromatic rings. The van der Waals surface area contributed by atoms with Crippen molar-refractivity contribution in [2.75, 3.05) is 53.3 Å². The van der Waals surface area contributed by atoms with E-state index in [9.17, 15) is 0 Å². The molecule has 7 nitrogen and oxygen atoms in total. The first-order valence-electron chi connectivity index (χ1n) is 10.6. The van der Waals surface area contributed by atoms with Crippen LogP contribution in [0.25, 0.3) is 0 Å². The minimum atomic E-state index is 0. The van der Waals surface area contributed by atoms with Gasteiger partial charge in [-0.1, -0.05) is 6.07 Å². The van der Waals surface area contributed by atoms with Crippen molar-refractivity contribution in [2.24, 2.45) is 0 Å². The predicted octanol–water partition coefficient (Wildman–Crippen LogP) is 4.42. The zero-order chi connectivity index (χ0) is 21.5. The van der Waals surface area contributed by atoms with E-state index >= 15 is 0 Å². The first-order chi connectivity index (χ1) is 15.2. The average Bonchev–Trinajstić information content (AvgIpc) is 3.26. The second-order valence-electron chi connectivity index (χ2n) is 7.57. The lowest BCUT2D eigenvalue weighted by Crippen LogP contribution is -2.37. The SMILES string of the molecule is COc1cc(CNCCCN2CCOCC2)cc(Br)c1OCc1ccc2c(c1)OCO2.Cl.Cl. The lowest BCUT2D eigenvalue weighted by Gasteiger charge is -2.26. The van der Waals surface area contributed by atoms with E-state index in [1.54, 1.807) is 7.11 Å². The molecule has 0 bridgehead atoms. The van der Waals surface area contributed by atoms with Crippen LogP contribution in [0, 0.1) is 0 Å². The Morgan fingerprint density at radius 1 is 1.03 bits per heavy atom. The van der Waals surface area contributed by atoms with Crippen LogP contribution in [0.5, 0.6) is 23.0 Å². The topological polar surface area (TPSA) is 61.4 Å². The summed E-state index contributed by atoms with van der Waals surface area (Å²) in [5, 5.41) is 3.52. The van der Waals surface area contributed by atoms with Crippen molar-refractivity contribution in [3.8, 4) is 23.0 Å². The fourth-order valence-corrected chi connectivity index (χ4v) is 4.29. The average molecular weight is 566 g/mol. The molecule has 0 atom stereocenters. The molecule has 1 fully saturated rings. The lowest BCUT2D eigenvalue weighted by molar-refractivity contribution is 0.0374. The molecule has 33 heavy (non-hydrogen) atoms. The molecule has 2 aliphatic heterocycles. The molecular formula is C23H31BrCl2N2O5. The number of rotatable bonds is 10. The van der Waals surface area contributed by atoms with Gasteiger partial charge in [-0.15, -0.1) is 24.8 Å². The molecular weight excluding hydrogens is 535 g/mol. The number of halogens is 3. The fraction of sp³-hybridized carbons (Fsp3) is 0.478. The molecule has 1 saturated heterocycles. The fourth-order valence-electron chi connectivity index (χ4n) is 3.69. The maximum atomic E-state index is 6.07. The third-order valence-corrected chi connectivity index (χ3v) is 5.96. The molecule has 1 N–H and O–H groups in total. The van der Waals surface area contributed by atoms with Crippen molar-refractivity contribution in [1.29, 1.82) is 0 Å². The van der Waals surface area contributed by atoms with E-state index in [1.165, 1.54) is 0 Å². The summed E-state index contributed by atoms with van der Waals surface area (Å²) in [6, 6.07) is 9.92. The Morgan fingerprint density at radius 2 is 1.82 bits per heavy atom. The number of fused-ring (bicyclic) bond motifs is 1. The summed E-state index contributed by atoms with van der Waals surface area (Å²) in [6.45, 7) is 7.31. The van der Waals surface area contributed by atoms with Gasteiger partial charge in [0.05, 0.1) is 24.8 Å². The van der Waals surface area contributed by atoms with Gasteiger partial charge in [-0.2, -0.15) is 0 Å². The van der Waals surface area contributed by atoms with Gasteiger partial charge in [0.2, 0.25) is 6.79 Å². The van der Waals surface area contributed by atoms with E-state index in [2.05, 4.69) is 32.2 Å². The van der Waals surface area contributed by atoms with Gasteiger partial charge in [-0.25, -0.2) is 0 Å². The first-order valence-corrected chi connectivity index (χ1v) is 11.4. The van der Waals surface area contributed by atoms with Crippen LogP contribution in [0.15, 0.2) is 34.8 Å². The monoisotopic (exact) mass is 564 g/mol. The molecule has 4 rings (SSSR count). The molecule has 2 aromatic carbocycles. The van der Waals surface area contributed by atoms with Crippen LogP contribution in [0.3, 0.4) is 0 Å². The lowest BCUT2D eigenvalue weighted by atomic mass is 10.2. The predicted molar refractivity (Wildman–Crippen MR) is 136 cm³/mol. The standard InChI is InChI=1S/C23H29BrN2O5.2ClH/c1-27-22-13-18(14-25-5-2-6-26-7-9-28-10-8-26)11-19(24)23(22)29-15-17-3-4-20-21(12-17)31-16-30-20;;/h3-4,11-13,25H,2,5-10,14-16H2,1H3;2*1H. The summed E-state index contributed by atoms with van der Waals surface area (Å²) >= 11 is 3.64. The highest BCUT2D eigenvalue weighted by Gasteiger charge is 2.16. The largest absolute Gasteiger partial charge is 0.493 e. The van der Waals surface area contributed by atoms with Crippen molar-refractivity contribution < 1.29 is 23.7 Å². The van der Waals surface area contributed by atoms with Crippen LogP contribution < -0.4 is 24.3 Å². The molecule has 0 aliphatic carbocycles. The number of ether oxygens (including phenoxy) is 5. The maximum absolute atomic E-state index is 6.07. The third kappa shape index (κ3) is 7.80. The summed E-state index contributed by atoms with van der Waals surface area (Å²) < 4.78 is 28.7. The van der Waals surface area contributed by atoms with Crippen LogP contribution in [0.4, 0.5) is 0 Å². The molecule has 184 valence electrons. The first kappa shape index (κ1) is 27.8. The van der Waals surface area contributed by atoms with E-state index in [1.807, 2.05) is 24.3 Å². The number of nitrogens with one attached hydrogen (secondary N) is 1. The Labute approximate surface area is 216 Å². The van der Waals surface area contributed by atoms with Gasteiger partial charge in [-0.3, -0.25) is 4.90 Å². The summed E-state index contributed by atoms with van der Waals surface area (Å²) in [6.07, 6.45) is 1.12. The second-order valence-corrected chi connectivity index (χ2v) is 8.42. The number of methoxy groups -OCH3 is 1. The van der Waals surface area contributed by atoms with E-state index in [4.69, 9.17) is 23.7 Å². The normalized spacial score (nSPS) is 14.8. The zero-order valence-electron chi connectivity index (χ0n) is 18.6. The highest BCUT2D eigenvalue weighted by Crippen LogP contribution is 2.38. The van der Waals surface area contributed by atoms with Crippen LogP contribution in [0.1, 0.15) is 17.5 Å². The molecule has 0 aromatic heterocycles. The van der Waals surface area contributed by atoms with Gasteiger partial charge in [0.15, 0.2) is 23.0 Å². The number of nitrogens with zero attached hydrogens (tertiary/aromatic N) is 1. The highest BCUT2D eigenvalue weighted by molar-refractivity contribution is 9.10. The quantitative estimate of drug-likeness (QED) is 0.428. The van der Waals surface area contributed by atoms with Crippen molar-refractivity contribution in [2.45, 2.75) is 19.6 Å². The Bertz CT molecular complexity index is 884. The maximum Gasteiger partial charge on any atom is 0.231 e. The van der Waals surface area contributed by atoms with Crippen LogP contribution in [0.2, 0.25) is 0 Å². The summed E-state index contributed by atoms with van der Waals surface area (Å²) in [5.41, 5.74) is 2.15. The Kier molecular flexibility index (Phi) is 11.9. The van der Waals surface area contributed by atoms with Crippen LogP contribution in [-0.4, -0.2) is 58.2 Å². The molecule has 0 saturated carbocycles. The number of benzene rings is 2. The molecule has 2 aliphatic rings. The number of hydrogen-bond acceptors (Lipinski definition) is 7. The van der Waals surface area contributed by atoms with E-state index in [0.717, 1.165) is 79.5 Å². The minimum absolute atomic E-state index is 0. The smallest absolute Gasteiger partial charge is 0.231 e. The zero-order valence-corrected chi connectivity index (χ0v) is 21.9. The Balaban J connectivity index is 0.00000193. The van der Waals surface area contributed by atoms with E-state index in [-0.39, 0.29) is 31.6 Å². The van der Waals surface area contributed by atoms with Crippen LogP contribution >= 0.6 is 40.7 Å². The third-order valence-electron chi connectivity index (χ3n) is 5.37. The molecule has 0 spiro atoms. The van der Waals surface area contributed by atoms with Crippen molar-refractivity contribution in [3.63, 3.8) is 0 Å². The van der Waals surface area contributed by atoms with Crippen molar-refractivity contribution in [3.05, 3.63) is 45.9 Å². The van der Waals surface area contributed by atoms with E-state index in [0.29, 0.717) is 18.1 Å². The summed E-state index contributed by atoms with van der Waals surface area (Å²) in [4.78, 5) is 2.46. The van der Waals surface area contributed by atoms with Gasteiger partial charge in [0, 0.05) is 19.6 Å². The van der Waals surface area contributed by atoms with E-state index < -0.39 is 0 Å². The Morgan fingerprint density at radius 3 is 2.61 bits per heavy atom. The van der Waals surface area contributed by atoms with Crippen molar-refractivity contribution >= 4 is 40.7 Å². The summed E-state index contributed by atoms with van der Waals surface area (Å²) in [7, 11) is 1.66. The molecule has 2 heterocycles. The van der Waals surface area contributed by atoms with Gasteiger partial charge < -0.3 is 29.0 Å². The molecule has 0 unspecified atom stereocenters. The second kappa shape index (κ2) is 14.1. The minimum Gasteiger partial charge on any atom is -0.493 e. The molecule has 0 amide bonds. The van der Waals surface area contributed by atoms with Gasteiger partial charge in [-0.05, 0) is 70.8 Å². The van der Waals surface area contributed by atoms with Crippen LogP contribution in [-0.2, 0) is 17.9 Å². The summed E-state index contributed by atoms with van der Waals surface area (Å²) in [5.74, 6) is 2.92. The Hall–Kier alpha value is -1.42. The number of hydrogen-bond donors (Lipinski definition) is 1. The van der Waals surface area contributed by atoms with Gasteiger partial charge >= 0.3 is 0 Å². The number of morpholine rings is 1. The highest BCUT2D eigenvalue weighted by atomic mass is 79.9. The molecule has 10 heteroatoms. The van der Waals surface area contributed by atoms with Crippen molar-refractivity contribution in [1.82, 2.24) is 10.2 Å². The van der Waals surface area contributed by atoms with Gasteiger partial charge in [0.25, 0.3) is 0 Å². The van der Waals surface area contributed by atoms with Gasteiger partial charge in [0.1, 0.15) is 6.61 Å².